The molecule has 0 spiro atoms. The zero-order chi connectivity index (χ0) is 40.0. The van der Waals surface area contributed by atoms with Gasteiger partial charge in [0.15, 0.2) is 17.5 Å². The summed E-state index contributed by atoms with van der Waals surface area (Å²) in [6.07, 6.45) is 0. The molecule has 0 bridgehead atoms. The Bertz CT molecular complexity index is 3240. The van der Waals surface area contributed by atoms with E-state index in [1.807, 2.05) is 102 Å². The Morgan fingerprint density at radius 2 is 0.810 bits per heavy atom. The smallest absolute Gasteiger partial charge is 0.164 e. The molecule has 0 fully saturated rings. The zero-order valence-corrected chi connectivity index (χ0v) is 30.9. The third-order valence-electron chi connectivity index (χ3n) is 10.8. The van der Waals surface area contributed by atoms with E-state index in [0.29, 0.717) is 56.1 Å². The van der Waals surface area contributed by atoms with Gasteiger partial charge in [-0.3, -0.25) is 0 Å². The van der Waals surface area contributed by atoms with Crippen LogP contribution >= 0.6 is 0 Å². The van der Waals surface area contributed by atoms with E-state index in [1.54, 1.807) is 0 Å². The molecule has 3 aromatic heterocycles. The summed E-state index contributed by atoms with van der Waals surface area (Å²) >= 11 is 0. The summed E-state index contributed by atoms with van der Waals surface area (Å²) in [6, 6.07) is 39.9. The lowest BCUT2D eigenvalue weighted by molar-refractivity contribution is 0.669. The number of fused-ring (bicyclic) bond motifs is 6. The second-order valence-electron chi connectivity index (χ2n) is 14.2. The Kier molecular flexibility index (Phi) is 8.49. The van der Waals surface area contributed by atoms with Crippen molar-refractivity contribution in [2.45, 2.75) is 0 Å². The molecule has 5 nitrogen and oxygen atoms in total. The monoisotopic (exact) mass is 720 g/mol. The largest absolute Gasteiger partial charge is 0.456 e. The first-order chi connectivity index (χ1) is 28.1. The van der Waals surface area contributed by atoms with Crippen molar-refractivity contribution in [2.75, 3.05) is 0 Å². The zero-order valence-electron chi connectivity index (χ0n) is 30.9. The van der Waals surface area contributed by atoms with Crippen molar-refractivity contribution in [1.29, 1.82) is 0 Å². The number of benzene rings is 7. The highest BCUT2D eigenvalue weighted by Gasteiger charge is 2.23. The van der Waals surface area contributed by atoms with Gasteiger partial charge in [0.2, 0.25) is 0 Å². The molecule has 13 heteroatoms. The van der Waals surface area contributed by atoms with Crippen LogP contribution < -0.4 is 43.7 Å². The summed E-state index contributed by atoms with van der Waals surface area (Å²) in [5.41, 5.74) is 8.91. The van der Waals surface area contributed by atoms with Crippen LogP contribution in [0.3, 0.4) is 0 Å². The van der Waals surface area contributed by atoms with E-state index >= 15 is 0 Å². The van der Waals surface area contributed by atoms with Gasteiger partial charge in [-0.15, -0.1) is 21.9 Å². The minimum Gasteiger partial charge on any atom is -0.456 e. The molecular formula is C45H20B8N4O. The molecule has 16 radical (unpaired) electrons. The number of furan rings is 1. The standard InChI is InChI=1S/C45H20B8N4O/c46-33-31-32-34(47)36(49)38(51)40(53)42(32)57(41(31)39(52)37(50)35(33)48)26-16-18-29-28(20-26)27-17-15-25(19-30(27)58-29)45-55-43(23-9-5-2-6-10-23)54-44(56-45)24-13-11-22(12-14-24)21-7-3-1-4-8-21/h1-20H. The Morgan fingerprint density at radius 1 is 0.362 bits per heavy atom. The molecule has 10 aromatic rings. The van der Waals surface area contributed by atoms with Gasteiger partial charge in [-0.2, -0.15) is 0 Å². The molecule has 0 aliphatic carbocycles. The number of nitrogens with zero attached hydrogens (tertiary/aromatic N) is 4. The van der Waals surface area contributed by atoms with Crippen LogP contribution in [0.25, 0.3) is 94.7 Å². The second-order valence-corrected chi connectivity index (χ2v) is 14.2. The average Bonchev–Trinajstić information content (AvgIpc) is 3.83. The first kappa shape index (κ1) is 36.0. The summed E-state index contributed by atoms with van der Waals surface area (Å²) < 4.78 is 8.30. The normalized spacial score (nSPS) is 11.7. The van der Waals surface area contributed by atoms with Crippen LogP contribution in [0.15, 0.2) is 126 Å². The summed E-state index contributed by atoms with van der Waals surface area (Å²) in [5.74, 6) is 1.60. The summed E-state index contributed by atoms with van der Waals surface area (Å²) in [5, 5.41) is 2.60. The highest BCUT2D eigenvalue weighted by molar-refractivity contribution is 6.71. The first-order valence-electron chi connectivity index (χ1n) is 18.3. The molecule has 7 aromatic carbocycles. The fraction of sp³-hybridized carbons (Fsp3) is 0. The van der Waals surface area contributed by atoms with Crippen molar-refractivity contribution < 1.29 is 4.42 Å². The topological polar surface area (TPSA) is 56.7 Å². The average molecular weight is 719 g/mol. The van der Waals surface area contributed by atoms with Crippen molar-refractivity contribution in [3.8, 4) is 51.0 Å². The van der Waals surface area contributed by atoms with Crippen LogP contribution in [0.1, 0.15) is 0 Å². The van der Waals surface area contributed by atoms with E-state index in [4.69, 9.17) is 82.1 Å². The van der Waals surface area contributed by atoms with Gasteiger partial charge in [-0.25, -0.2) is 15.0 Å². The highest BCUT2D eigenvalue weighted by Crippen LogP contribution is 2.36. The Balaban J connectivity index is 1.13. The summed E-state index contributed by atoms with van der Waals surface area (Å²) in [7, 11) is 52.0. The van der Waals surface area contributed by atoms with E-state index in [2.05, 4.69) is 24.3 Å². The molecule has 0 saturated carbocycles. The quantitative estimate of drug-likeness (QED) is 0.256. The third kappa shape index (κ3) is 5.54. The molecule has 250 valence electrons. The van der Waals surface area contributed by atoms with Gasteiger partial charge in [0, 0.05) is 44.2 Å². The van der Waals surface area contributed by atoms with Gasteiger partial charge in [0.25, 0.3) is 0 Å². The van der Waals surface area contributed by atoms with Crippen LogP contribution in [0.5, 0.6) is 0 Å². The van der Waals surface area contributed by atoms with E-state index in [0.717, 1.165) is 38.6 Å². The molecule has 3 heterocycles. The molecule has 58 heavy (non-hydrogen) atoms. The summed E-state index contributed by atoms with van der Waals surface area (Å²) in [6.45, 7) is 0. The lowest BCUT2D eigenvalue weighted by Gasteiger charge is -2.17. The Labute approximate surface area is 345 Å². The van der Waals surface area contributed by atoms with Crippen molar-refractivity contribution in [3.63, 3.8) is 0 Å². The van der Waals surface area contributed by atoms with Gasteiger partial charge in [0.05, 0.1) is 0 Å². The predicted molar refractivity (Wildman–Crippen MR) is 246 cm³/mol. The number of hydrogen-bond acceptors (Lipinski definition) is 4. The van der Waals surface area contributed by atoms with Crippen molar-refractivity contribution in [2.24, 2.45) is 0 Å². The van der Waals surface area contributed by atoms with Crippen LogP contribution in [-0.4, -0.2) is 82.3 Å². The molecule has 0 aliphatic rings. The van der Waals surface area contributed by atoms with Crippen molar-refractivity contribution in [3.05, 3.63) is 121 Å². The van der Waals surface area contributed by atoms with Gasteiger partial charge in [-0.1, -0.05) is 113 Å². The number of aromatic nitrogens is 4. The van der Waals surface area contributed by atoms with E-state index in [9.17, 15) is 0 Å². The molecule has 0 aliphatic heterocycles. The Morgan fingerprint density at radius 3 is 1.38 bits per heavy atom. The van der Waals surface area contributed by atoms with Gasteiger partial charge >= 0.3 is 0 Å². The maximum absolute atomic E-state index is 6.69. The maximum atomic E-state index is 6.69. The van der Waals surface area contributed by atoms with Crippen LogP contribution in [-0.2, 0) is 0 Å². The molecule has 0 saturated heterocycles. The molecule has 10 rings (SSSR count). The summed E-state index contributed by atoms with van der Waals surface area (Å²) in [4.78, 5) is 14.8. The van der Waals surface area contributed by atoms with E-state index < -0.39 is 0 Å². The van der Waals surface area contributed by atoms with Gasteiger partial charge in [0.1, 0.15) is 73.9 Å². The fourth-order valence-corrected chi connectivity index (χ4v) is 7.81. The number of hydrogen-bond donors (Lipinski definition) is 0. The van der Waals surface area contributed by atoms with Gasteiger partial charge < -0.3 is 8.98 Å². The molecule has 0 N–H and O–H groups in total. The minimum atomic E-state index is 0.131. The van der Waals surface area contributed by atoms with Crippen LogP contribution in [0.4, 0.5) is 0 Å². The lowest BCUT2D eigenvalue weighted by Crippen LogP contribution is -2.49. The van der Waals surface area contributed by atoms with Crippen molar-refractivity contribution in [1.82, 2.24) is 19.5 Å². The van der Waals surface area contributed by atoms with Crippen LogP contribution in [0.2, 0.25) is 0 Å². The van der Waals surface area contributed by atoms with Gasteiger partial charge in [-0.05, 0) is 52.2 Å². The molecular weight excluding hydrogens is 699 g/mol. The lowest BCUT2D eigenvalue weighted by atomic mass is 9.63. The number of rotatable bonds is 5. The van der Waals surface area contributed by atoms with Crippen molar-refractivity contribution >= 4 is 150 Å². The molecule has 0 atom stereocenters. The van der Waals surface area contributed by atoms with E-state index in [-0.39, 0.29) is 43.7 Å². The van der Waals surface area contributed by atoms with Crippen LogP contribution in [0, 0.1) is 0 Å². The maximum Gasteiger partial charge on any atom is 0.164 e. The van der Waals surface area contributed by atoms with E-state index in [1.165, 1.54) is 0 Å². The third-order valence-corrected chi connectivity index (χ3v) is 10.8. The molecule has 0 amide bonds. The Hall–Kier alpha value is -6.33. The highest BCUT2D eigenvalue weighted by atomic mass is 16.3. The first-order valence-corrected chi connectivity index (χ1v) is 18.3. The second kappa shape index (κ2) is 13.7. The molecule has 0 unspecified atom stereocenters. The predicted octanol–water partition coefficient (Wildman–Crippen LogP) is 1.89. The minimum absolute atomic E-state index is 0.131. The fourth-order valence-electron chi connectivity index (χ4n) is 7.81. The SMILES string of the molecule is [B]c1c([B])c([B])c2c(c1[B])c1c([B])c([B])c([B])c([B])c1n2-c1ccc2oc3cc(-c4nc(-c5ccccc5)nc(-c5ccc(-c6ccccc6)cc5)n4)ccc3c2c1.